The Morgan fingerprint density at radius 2 is 1.81 bits per heavy atom. The van der Waals surface area contributed by atoms with Gasteiger partial charge in [0.1, 0.15) is 0 Å². The number of aliphatic hydroxyl groups excluding tert-OH is 1. The number of hydrogen-bond acceptors (Lipinski definition) is 2. The number of aliphatic hydroxyl groups is 1. The third kappa shape index (κ3) is 4.77. The molecule has 1 aromatic carbocycles. The van der Waals surface area contributed by atoms with Gasteiger partial charge in [-0.05, 0) is 30.4 Å². The van der Waals surface area contributed by atoms with E-state index in [0.717, 1.165) is 19.5 Å². The van der Waals surface area contributed by atoms with E-state index in [0.29, 0.717) is 11.8 Å². The van der Waals surface area contributed by atoms with E-state index in [1.807, 2.05) is 6.07 Å². The summed E-state index contributed by atoms with van der Waals surface area (Å²) in [4.78, 5) is 0. The zero-order chi connectivity index (χ0) is 11.8. The van der Waals surface area contributed by atoms with Gasteiger partial charge in [0.15, 0.2) is 0 Å². The minimum Gasteiger partial charge on any atom is -0.396 e. The van der Waals surface area contributed by atoms with Gasteiger partial charge < -0.3 is 10.4 Å². The first-order chi connectivity index (χ1) is 7.74. The summed E-state index contributed by atoms with van der Waals surface area (Å²) >= 11 is 0. The molecule has 0 amide bonds. The first kappa shape index (κ1) is 13.2. The quantitative estimate of drug-likeness (QED) is 0.741. The molecule has 0 aromatic heterocycles. The van der Waals surface area contributed by atoms with Crippen molar-refractivity contribution in [3.05, 3.63) is 35.9 Å². The monoisotopic (exact) mass is 221 g/mol. The van der Waals surface area contributed by atoms with Gasteiger partial charge in [0.25, 0.3) is 0 Å². The molecule has 2 heteroatoms. The van der Waals surface area contributed by atoms with Gasteiger partial charge in [-0.1, -0.05) is 44.2 Å². The molecule has 0 spiro atoms. The molecule has 2 unspecified atom stereocenters. The van der Waals surface area contributed by atoms with Crippen LogP contribution in [0.2, 0.25) is 0 Å². The number of hydrogen-bond donors (Lipinski definition) is 2. The largest absolute Gasteiger partial charge is 0.396 e. The summed E-state index contributed by atoms with van der Waals surface area (Å²) in [5.41, 5.74) is 1.38. The van der Waals surface area contributed by atoms with Crippen molar-refractivity contribution in [2.24, 2.45) is 5.92 Å². The summed E-state index contributed by atoms with van der Waals surface area (Å²) < 4.78 is 0. The van der Waals surface area contributed by atoms with Crippen LogP contribution >= 0.6 is 0 Å². The molecule has 1 aromatic rings. The maximum absolute atomic E-state index is 8.80. The summed E-state index contributed by atoms with van der Waals surface area (Å²) in [6.45, 7) is 6.67. The number of benzene rings is 1. The van der Waals surface area contributed by atoms with E-state index < -0.39 is 0 Å². The first-order valence-corrected chi connectivity index (χ1v) is 6.10. The topological polar surface area (TPSA) is 32.3 Å². The Labute approximate surface area is 98.7 Å². The van der Waals surface area contributed by atoms with Crippen LogP contribution in [0.15, 0.2) is 30.3 Å². The highest BCUT2D eigenvalue weighted by Gasteiger charge is 2.05. The molecule has 0 bridgehead atoms. The van der Waals surface area contributed by atoms with Crippen molar-refractivity contribution in [3.8, 4) is 0 Å². The van der Waals surface area contributed by atoms with E-state index in [1.165, 1.54) is 5.56 Å². The van der Waals surface area contributed by atoms with Crippen molar-refractivity contribution in [2.75, 3.05) is 19.7 Å². The highest BCUT2D eigenvalue weighted by Crippen LogP contribution is 2.13. The van der Waals surface area contributed by atoms with Crippen LogP contribution in [0.3, 0.4) is 0 Å². The van der Waals surface area contributed by atoms with Gasteiger partial charge in [0, 0.05) is 13.2 Å². The van der Waals surface area contributed by atoms with E-state index in [-0.39, 0.29) is 6.61 Å². The van der Waals surface area contributed by atoms with E-state index in [4.69, 9.17) is 5.11 Å². The average molecular weight is 221 g/mol. The Hall–Kier alpha value is -0.860. The van der Waals surface area contributed by atoms with Crippen molar-refractivity contribution in [1.29, 1.82) is 0 Å². The van der Waals surface area contributed by atoms with Crippen LogP contribution in [-0.4, -0.2) is 24.8 Å². The lowest BCUT2D eigenvalue weighted by Gasteiger charge is -2.15. The molecule has 2 N–H and O–H groups in total. The fourth-order valence-corrected chi connectivity index (χ4v) is 1.77. The Kier molecular flexibility index (Phi) is 6.12. The minimum atomic E-state index is 0.289. The summed E-state index contributed by atoms with van der Waals surface area (Å²) in [6, 6.07) is 10.6. The highest BCUT2D eigenvalue weighted by molar-refractivity contribution is 5.18. The fraction of sp³-hybridized carbons (Fsp3) is 0.571. The van der Waals surface area contributed by atoms with Crippen molar-refractivity contribution >= 4 is 0 Å². The lowest BCUT2D eigenvalue weighted by molar-refractivity contribution is 0.260. The Bertz CT molecular complexity index is 273. The van der Waals surface area contributed by atoms with Crippen LogP contribution in [0.5, 0.6) is 0 Å². The predicted octanol–water partition coefficient (Wildman–Crippen LogP) is 2.40. The van der Waals surface area contributed by atoms with Gasteiger partial charge in [0.05, 0.1) is 0 Å². The van der Waals surface area contributed by atoms with Crippen LogP contribution in [0.25, 0.3) is 0 Å². The zero-order valence-electron chi connectivity index (χ0n) is 10.3. The van der Waals surface area contributed by atoms with E-state index in [1.54, 1.807) is 0 Å². The molecule has 2 atom stereocenters. The minimum absolute atomic E-state index is 0.289. The molecule has 0 aliphatic heterocycles. The third-order valence-corrected chi connectivity index (χ3v) is 2.93. The molecule has 0 heterocycles. The maximum Gasteiger partial charge on any atom is 0.0434 e. The van der Waals surface area contributed by atoms with Crippen LogP contribution in [0.4, 0.5) is 0 Å². The van der Waals surface area contributed by atoms with Gasteiger partial charge in [-0.2, -0.15) is 0 Å². The molecule has 2 nitrogen and oxygen atoms in total. The molecule has 0 saturated carbocycles. The van der Waals surface area contributed by atoms with Gasteiger partial charge in [-0.15, -0.1) is 0 Å². The van der Waals surface area contributed by atoms with Gasteiger partial charge in [-0.25, -0.2) is 0 Å². The lowest BCUT2D eigenvalue weighted by Crippen LogP contribution is -2.25. The van der Waals surface area contributed by atoms with E-state index >= 15 is 0 Å². The number of rotatable bonds is 7. The first-order valence-electron chi connectivity index (χ1n) is 6.10. The van der Waals surface area contributed by atoms with Gasteiger partial charge in [-0.3, -0.25) is 0 Å². The summed E-state index contributed by atoms with van der Waals surface area (Å²) in [7, 11) is 0. The van der Waals surface area contributed by atoms with E-state index in [9.17, 15) is 0 Å². The van der Waals surface area contributed by atoms with Gasteiger partial charge >= 0.3 is 0 Å². The average Bonchev–Trinajstić information content (AvgIpc) is 2.30. The second-order valence-corrected chi connectivity index (χ2v) is 4.59. The number of nitrogens with one attached hydrogen (secondary N) is 1. The molecular formula is C14H23NO. The Morgan fingerprint density at radius 1 is 1.12 bits per heavy atom. The van der Waals surface area contributed by atoms with Crippen molar-refractivity contribution in [2.45, 2.75) is 26.2 Å². The second-order valence-electron chi connectivity index (χ2n) is 4.59. The molecule has 90 valence electrons. The smallest absolute Gasteiger partial charge is 0.0434 e. The third-order valence-electron chi connectivity index (χ3n) is 2.93. The second kappa shape index (κ2) is 7.42. The molecule has 16 heavy (non-hydrogen) atoms. The fourth-order valence-electron chi connectivity index (χ4n) is 1.77. The van der Waals surface area contributed by atoms with E-state index in [2.05, 4.69) is 43.4 Å². The Balaban J connectivity index is 2.23. The zero-order valence-corrected chi connectivity index (χ0v) is 10.3. The van der Waals surface area contributed by atoms with Crippen molar-refractivity contribution < 1.29 is 5.11 Å². The normalized spacial score (nSPS) is 14.7. The molecule has 0 aliphatic carbocycles. The SMILES string of the molecule is CC(CCO)CNCC(C)c1ccccc1. The summed E-state index contributed by atoms with van der Waals surface area (Å²) in [6.07, 6.45) is 0.882. The van der Waals surface area contributed by atoms with Crippen LogP contribution < -0.4 is 5.32 Å². The maximum atomic E-state index is 8.80. The molecule has 0 radical (unpaired) electrons. The van der Waals surface area contributed by atoms with Crippen molar-refractivity contribution in [3.63, 3.8) is 0 Å². The summed E-state index contributed by atoms with van der Waals surface area (Å²) in [5.74, 6) is 1.09. The molecule has 0 saturated heterocycles. The highest BCUT2D eigenvalue weighted by atomic mass is 16.3. The Morgan fingerprint density at radius 3 is 2.44 bits per heavy atom. The standard InChI is InChI=1S/C14H23NO/c1-12(8-9-16)10-15-11-13(2)14-6-4-3-5-7-14/h3-7,12-13,15-16H,8-11H2,1-2H3. The molecular weight excluding hydrogens is 198 g/mol. The molecule has 0 aliphatic rings. The predicted molar refractivity (Wildman–Crippen MR) is 68.6 cm³/mol. The summed E-state index contributed by atoms with van der Waals surface area (Å²) in [5, 5.41) is 12.3. The van der Waals surface area contributed by atoms with Crippen LogP contribution in [0.1, 0.15) is 31.7 Å². The van der Waals surface area contributed by atoms with Gasteiger partial charge in [0.2, 0.25) is 0 Å². The van der Waals surface area contributed by atoms with Crippen LogP contribution in [-0.2, 0) is 0 Å². The van der Waals surface area contributed by atoms with Crippen LogP contribution in [0, 0.1) is 5.92 Å². The lowest BCUT2D eigenvalue weighted by atomic mass is 10.0. The van der Waals surface area contributed by atoms with Crippen molar-refractivity contribution in [1.82, 2.24) is 5.32 Å². The molecule has 1 rings (SSSR count). The molecule has 0 fully saturated rings.